The highest BCUT2D eigenvalue weighted by molar-refractivity contribution is 6.23. The molecule has 0 amide bonds. The largest absolute Gasteiger partial charge is 0.298 e. The Balaban J connectivity index is 1.90. The van der Waals surface area contributed by atoms with Crippen LogP contribution in [0.15, 0.2) is 0 Å². The third-order valence-corrected chi connectivity index (χ3v) is 7.07. The summed E-state index contributed by atoms with van der Waals surface area (Å²) in [5.74, 6) is 0.0815. The van der Waals surface area contributed by atoms with Gasteiger partial charge in [0.15, 0.2) is 11.6 Å². The van der Waals surface area contributed by atoms with Crippen molar-refractivity contribution in [3.05, 3.63) is 0 Å². The Hall–Kier alpha value is -0.660. The molecule has 0 saturated heterocycles. The lowest BCUT2D eigenvalue weighted by molar-refractivity contribution is -0.151. The number of carbonyl (C=O) groups is 2. The molecular weight excluding hydrogens is 368 g/mol. The molecule has 2 nitrogen and oxygen atoms in total. The molecule has 0 aromatic rings. The topological polar surface area (TPSA) is 34.1 Å². The van der Waals surface area contributed by atoms with Crippen molar-refractivity contribution in [2.45, 2.75) is 155 Å². The van der Waals surface area contributed by atoms with E-state index in [0.717, 1.165) is 25.7 Å². The van der Waals surface area contributed by atoms with E-state index in [1.54, 1.807) is 0 Å². The molecule has 0 atom stereocenters. The van der Waals surface area contributed by atoms with Gasteiger partial charge in [-0.05, 0) is 12.8 Å². The van der Waals surface area contributed by atoms with Gasteiger partial charge in [0.1, 0.15) is 0 Å². The smallest absolute Gasteiger partial charge is 0.153 e. The predicted octanol–water partition coefficient (Wildman–Crippen LogP) is 8.99. The normalized spacial score (nSPS) is 18.7. The van der Waals surface area contributed by atoms with Crippen LogP contribution in [-0.4, -0.2) is 11.6 Å². The Morgan fingerprint density at radius 3 is 0.900 bits per heavy atom. The van der Waals surface area contributed by atoms with Crippen molar-refractivity contribution >= 4 is 11.6 Å². The summed E-state index contributed by atoms with van der Waals surface area (Å²) in [7, 11) is 0. The third-order valence-electron chi connectivity index (χ3n) is 7.07. The summed E-state index contributed by atoms with van der Waals surface area (Å²) in [5.41, 5.74) is 0. The zero-order valence-corrected chi connectivity index (χ0v) is 20.5. The first-order chi connectivity index (χ1) is 14.7. The zero-order valence-electron chi connectivity index (χ0n) is 20.5. The fraction of sp³-hybridized carbons (Fsp3) is 0.929. The van der Waals surface area contributed by atoms with Crippen LogP contribution in [0.1, 0.15) is 155 Å². The first-order valence-electron chi connectivity index (χ1n) is 13.8. The quantitative estimate of drug-likeness (QED) is 0.129. The molecule has 176 valence electrons. The van der Waals surface area contributed by atoms with Crippen molar-refractivity contribution in [3.63, 3.8) is 0 Å². The number of unbranched alkanes of at least 4 members (excludes halogenated alkanes) is 18. The van der Waals surface area contributed by atoms with Gasteiger partial charge in [0.2, 0.25) is 0 Å². The maximum atomic E-state index is 12.3. The minimum Gasteiger partial charge on any atom is -0.298 e. The van der Waals surface area contributed by atoms with E-state index in [9.17, 15) is 9.59 Å². The van der Waals surface area contributed by atoms with Crippen molar-refractivity contribution in [2.24, 2.45) is 11.8 Å². The van der Waals surface area contributed by atoms with Crippen molar-refractivity contribution in [1.29, 1.82) is 0 Å². The van der Waals surface area contributed by atoms with Gasteiger partial charge in [0, 0.05) is 0 Å². The van der Waals surface area contributed by atoms with Crippen LogP contribution in [0.25, 0.3) is 0 Å². The summed E-state index contributed by atoms with van der Waals surface area (Å²) < 4.78 is 0. The van der Waals surface area contributed by atoms with Crippen LogP contribution in [0.5, 0.6) is 0 Å². The van der Waals surface area contributed by atoms with Crippen molar-refractivity contribution in [2.75, 3.05) is 0 Å². The van der Waals surface area contributed by atoms with Crippen molar-refractivity contribution in [3.8, 4) is 0 Å². The maximum absolute atomic E-state index is 12.3. The lowest BCUT2D eigenvalue weighted by atomic mass is 9.68. The van der Waals surface area contributed by atoms with Crippen molar-refractivity contribution in [1.82, 2.24) is 0 Å². The Morgan fingerprint density at radius 1 is 0.400 bits per heavy atom. The van der Waals surface area contributed by atoms with Crippen molar-refractivity contribution < 1.29 is 9.59 Å². The summed E-state index contributed by atoms with van der Waals surface area (Å²) in [5, 5.41) is 0. The van der Waals surface area contributed by atoms with E-state index in [2.05, 4.69) is 13.8 Å². The number of rotatable bonds is 22. The van der Waals surface area contributed by atoms with Gasteiger partial charge < -0.3 is 0 Å². The fourth-order valence-electron chi connectivity index (χ4n) is 4.91. The Bertz CT molecular complexity index is 376. The van der Waals surface area contributed by atoms with Crippen LogP contribution in [0.4, 0.5) is 0 Å². The Labute approximate surface area is 188 Å². The van der Waals surface area contributed by atoms with Gasteiger partial charge in [-0.15, -0.1) is 0 Å². The fourth-order valence-corrected chi connectivity index (χ4v) is 4.91. The molecule has 0 aromatic heterocycles. The molecule has 0 N–H and O–H groups in total. The summed E-state index contributed by atoms with van der Waals surface area (Å²) >= 11 is 0. The number of hydrogen-bond donors (Lipinski definition) is 0. The lowest BCUT2D eigenvalue weighted by Crippen LogP contribution is -2.48. The molecular formula is C28H52O2. The minimum atomic E-state index is -0.229. The SMILES string of the molecule is CCCCCCCCCCCCC1C(=O)C(CCCCCCCCCCCC)C1=O. The first-order valence-corrected chi connectivity index (χ1v) is 13.8. The monoisotopic (exact) mass is 420 g/mol. The molecule has 0 bridgehead atoms. The van der Waals surface area contributed by atoms with E-state index in [-0.39, 0.29) is 23.4 Å². The van der Waals surface area contributed by atoms with E-state index >= 15 is 0 Å². The molecule has 1 fully saturated rings. The first kappa shape index (κ1) is 27.4. The molecule has 1 rings (SSSR count). The average molecular weight is 421 g/mol. The maximum Gasteiger partial charge on any atom is 0.153 e. The Kier molecular flexibility index (Phi) is 17.4. The van der Waals surface area contributed by atoms with Crippen LogP contribution in [0.2, 0.25) is 0 Å². The summed E-state index contributed by atoms with van der Waals surface area (Å²) in [6.45, 7) is 4.52. The molecule has 0 aromatic carbocycles. The van der Waals surface area contributed by atoms with Gasteiger partial charge in [-0.3, -0.25) is 9.59 Å². The molecule has 1 aliphatic rings. The summed E-state index contributed by atoms with van der Waals surface area (Å²) in [6, 6.07) is 0. The second-order valence-electron chi connectivity index (χ2n) is 9.85. The minimum absolute atomic E-state index is 0.229. The van der Waals surface area contributed by atoms with E-state index in [4.69, 9.17) is 0 Å². The highest BCUT2D eigenvalue weighted by Crippen LogP contribution is 2.33. The van der Waals surface area contributed by atoms with Crippen LogP contribution in [0.3, 0.4) is 0 Å². The highest BCUT2D eigenvalue weighted by Gasteiger charge is 2.47. The Morgan fingerprint density at radius 2 is 0.633 bits per heavy atom. The lowest BCUT2D eigenvalue weighted by Gasteiger charge is -2.32. The zero-order chi connectivity index (χ0) is 21.9. The van der Waals surface area contributed by atoms with Gasteiger partial charge in [-0.2, -0.15) is 0 Å². The molecule has 1 saturated carbocycles. The number of Topliss-reactive ketones (excluding diaryl/α,β-unsaturated/α-hetero) is 2. The number of ketones is 2. The summed E-state index contributed by atoms with van der Waals surface area (Å²) in [6.07, 6.45) is 27.7. The van der Waals surface area contributed by atoms with Gasteiger partial charge in [-0.25, -0.2) is 0 Å². The predicted molar refractivity (Wildman–Crippen MR) is 130 cm³/mol. The van der Waals surface area contributed by atoms with Crippen LogP contribution in [-0.2, 0) is 9.59 Å². The van der Waals surface area contributed by atoms with Gasteiger partial charge in [0.25, 0.3) is 0 Å². The second-order valence-corrected chi connectivity index (χ2v) is 9.85. The van der Waals surface area contributed by atoms with E-state index in [1.165, 1.54) is 116 Å². The van der Waals surface area contributed by atoms with Crippen LogP contribution >= 0.6 is 0 Å². The molecule has 0 radical (unpaired) electrons. The molecule has 30 heavy (non-hydrogen) atoms. The standard InChI is InChI=1S/C28H52O2/c1-3-5-7-9-11-13-15-17-19-21-23-25-27(29)26(28(25)30)24-22-20-18-16-14-12-10-8-6-4-2/h25-26H,3-24H2,1-2H3. The molecule has 0 aliphatic heterocycles. The van der Waals surface area contributed by atoms with E-state index < -0.39 is 0 Å². The van der Waals surface area contributed by atoms with Gasteiger partial charge in [0.05, 0.1) is 11.8 Å². The summed E-state index contributed by atoms with van der Waals surface area (Å²) in [4.78, 5) is 24.7. The molecule has 0 spiro atoms. The molecule has 0 unspecified atom stereocenters. The van der Waals surface area contributed by atoms with Crippen LogP contribution in [0, 0.1) is 11.8 Å². The molecule has 2 heteroatoms. The highest BCUT2D eigenvalue weighted by atomic mass is 16.2. The van der Waals surface area contributed by atoms with Gasteiger partial charge >= 0.3 is 0 Å². The number of hydrogen-bond acceptors (Lipinski definition) is 2. The van der Waals surface area contributed by atoms with E-state index in [0.29, 0.717) is 0 Å². The van der Waals surface area contributed by atoms with Crippen LogP contribution < -0.4 is 0 Å². The van der Waals surface area contributed by atoms with E-state index in [1.807, 2.05) is 0 Å². The second kappa shape index (κ2) is 19.1. The van der Waals surface area contributed by atoms with Gasteiger partial charge in [-0.1, -0.05) is 142 Å². The molecule has 1 aliphatic carbocycles. The number of carbonyl (C=O) groups excluding carboxylic acids is 2. The average Bonchev–Trinajstić information content (AvgIpc) is 2.75. The third kappa shape index (κ3) is 12.3. The molecule has 0 heterocycles.